The van der Waals surface area contributed by atoms with Crippen LogP contribution in [-0.2, 0) is 14.3 Å². The number of ether oxygens (including phenoxy) is 2. The molecule has 0 aliphatic carbocycles. The van der Waals surface area contributed by atoms with E-state index in [1.807, 2.05) is 0 Å². The normalized spacial score (nSPS) is 12.4. The number of anilines is 1. The fourth-order valence-corrected chi connectivity index (χ4v) is 2.44. The van der Waals surface area contributed by atoms with Crippen molar-refractivity contribution in [3.63, 3.8) is 0 Å². The van der Waals surface area contributed by atoms with Gasteiger partial charge >= 0.3 is 5.97 Å². The average Bonchev–Trinajstić information content (AvgIpc) is 2.68. The van der Waals surface area contributed by atoms with E-state index in [0.717, 1.165) is 0 Å². The van der Waals surface area contributed by atoms with Crippen LogP contribution in [0.2, 0.25) is 5.02 Å². The molecule has 0 aliphatic rings. The van der Waals surface area contributed by atoms with Gasteiger partial charge in [-0.05, 0) is 44.2 Å². The smallest absolute Gasteiger partial charge is 0.329 e. The average molecular weight is 405 g/mol. The largest absolute Gasteiger partial charge is 0.495 e. The summed E-state index contributed by atoms with van der Waals surface area (Å²) in [6, 6.07) is 12.3. The minimum absolute atomic E-state index is 0.355. The second-order valence-corrected chi connectivity index (χ2v) is 6.41. The summed E-state index contributed by atoms with van der Waals surface area (Å²) in [5, 5.41) is 5.55. The van der Waals surface area contributed by atoms with Gasteiger partial charge in [-0.1, -0.05) is 29.8 Å². The standard InChI is InChI=1S/C20H21ClN2O5/c1-12(22-19(25)14-7-5-4-6-8-14)20(26)28-13(2)18(24)23-16-11-15(21)9-10-17(16)27-3/h4-13H,1-3H3,(H,22,25)(H,23,24)/t12-,13+/m0/s1. The summed E-state index contributed by atoms with van der Waals surface area (Å²) in [6.07, 6.45) is -1.09. The van der Waals surface area contributed by atoms with Gasteiger partial charge in [-0.25, -0.2) is 4.79 Å². The van der Waals surface area contributed by atoms with Crippen molar-refractivity contribution in [2.24, 2.45) is 0 Å². The van der Waals surface area contributed by atoms with Crippen molar-refractivity contribution in [2.45, 2.75) is 26.0 Å². The fourth-order valence-electron chi connectivity index (χ4n) is 2.27. The summed E-state index contributed by atoms with van der Waals surface area (Å²) in [6.45, 7) is 2.91. The number of carbonyl (C=O) groups is 3. The predicted octanol–water partition coefficient (Wildman–Crippen LogP) is 3.04. The van der Waals surface area contributed by atoms with Crippen molar-refractivity contribution in [2.75, 3.05) is 12.4 Å². The van der Waals surface area contributed by atoms with E-state index in [0.29, 0.717) is 22.0 Å². The van der Waals surface area contributed by atoms with Gasteiger partial charge in [-0.3, -0.25) is 9.59 Å². The SMILES string of the molecule is COc1ccc(Cl)cc1NC(=O)[C@@H](C)OC(=O)[C@H](C)NC(=O)c1ccccc1. The first kappa shape index (κ1) is 21.2. The molecule has 28 heavy (non-hydrogen) atoms. The molecule has 0 radical (unpaired) electrons. The summed E-state index contributed by atoms with van der Waals surface area (Å²) < 4.78 is 10.3. The van der Waals surface area contributed by atoms with Crippen LogP contribution in [0.3, 0.4) is 0 Å². The molecule has 0 saturated heterocycles. The molecule has 2 atom stereocenters. The maximum absolute atomic E-state index is 12.3. The Kier molecular flexibility index (Phi) is 7.40. The quantitative estimate of drug-likeness (QED) is 0.692. The zero-order valence-corrected chi connectivity index (χ0v) is 16.4. The molecule has 148 valence electrons. The van der Waals surface area contributed by atoms with E-state index in [-0.39, 0.29) is 0 Å². The third-order valence-electron chi connectivity index (χ3n) is 3.82. The minimum Gasteiger partial charge on any atom is -0.495 e. The second kappa shape index (κ2) is 9.75. The molecule has 0 bridgehead atoms. The summed E-state index contributed by atoms with van der Waals surface area (Å²) in [4.78, 5) is 36.6. The molecule has 0 unspecified atom stereocenters. The number of nitrogens with one attached hydrogen (secondary N) is 2. The van der Waals surface area contributed by atoms with Crippen molar-refractivity contribution < 1.29 is 23.9 Å². The van der Waals surface area contributed by atoms with Crippen LogP contribution in [0.5, 0.6) is 5.75 Å². The van der Waals surface area contributed by atoms with Gasteiger partial charge in [0.2, 0.25) is 0 Å². The van der Waals surface area contributed by atoms with Gasteiger partial charge in [0.1, 0.15) is 11.8 Å². The number of rotatable bonds is 7. The first-order chi connectivity index (χ1) is 13.3. The van der Waals surface area contributed by atoms with Crippen LogP contribution >= 0.6 is 11.6 Å². The molecule has 2 aromatic rings. The van der Waals surface area contributed by atoms with Gasteiger partial charge in [0.05, 0.1) is 12.8 Å². The van der Waals surface area contributed by atoms with Crippen molar-refractivity contribution in [1.29, 1.82) is 0 Å². The minimum atomic E-state index is -1.09. The Labute approximate surface area is 168 Å². The molecule has 8 heteroatoms. The molecule has 0 aromatic heterocycles. The van der Waals surface area contributed by atoms with Crippen molar-refractivity contribution >= 4 is 35.1 Å². The van der Waals surface area contributed by atoms with E-state index in [2.05, 4.69) is 10.6 Å². The van der Waals surface area contributed by atoms with E-state index < -0.39 is 29.9 Å². The molecule has 2 aromatic carbocycles. The number of carbonyl (C=O) groups excluding carboxylic acids is 3. The van der Waals surface area contributed by atoms with Crippen molar-refractivity contribution in [1.82, 2.24) is 5.32 Å². The number of halogens is 1. The lowest BCUT2D eigenvalue weighted by Crippen LogP contribution is -2.42. The molecular weight excluding hydrogens is 384 g/mol. The molecule has 7 nitrogen and oxygen atoms in total. The first-order valence-corrected chi connectivity index (χ1v) is 8.90. The highest BCUT2D eigenvalue weighted by Gasteiger charge is 2.24. The van der Waals surface area contributed by atoms with Crippen molar-refractivity contribution in [3.05, 3.63) is 59.1 Å². The Morgan fingerprint density at radius 1 is 1.04 bits per heavy atom. The van der Waals surface area contributed by atoms with E-state index in [1.165, 1.54) is 27.0 Å². The highest BCUT2D eigenvalue weighted by molar-refractivity contribution is 6.31. The molecule has 0 spiro atoms. The lowest BCUT2D eigenvalue weighted by Gasteiger charge is -2.18. The van der Waals surface area contributed by atoms with Crippen molar-refractivity contribution in [3.8, 4) is 5.75 Å². The molecule has 0 aliphatic heterocycles. The van der Waals surface area contributed by atoms with Crippen LogP contribution < -0.4 is 15.4 Å². The summed E-state index contributed by atoms with van der Waals surface area (Å²) in [5.74, 6) is -1.29. The van der Waals surface area contributed by atoms with Crippen LogP contribution in [0.15, 0.2) is 48.5 Å². The van der Waals surface area contributed by atoms with E-state index >= 15 is 0 Å². The topological polar surface area (TPSA) is 93.7 Å². The molecular formula is C20H21ClN2O5. The van der Waals surface area contributed by atoms with Crippen LogP contribution in [0.4, 0.5) is 5.69 Å². The van der Waals surface area contributed by atoms with Gasteiger partial charge in [-0.15, -0.1) is 0 Å². The van der Waals surface area contributed by atoms with E-state index in [1.54, 1.807) is 42.5 Å². The van der Waals surface area contributed by atoms with E-state index in [4.69, 9.17) is 21.1 Å². The predicted molar refractivity (Wildman–Crippen MR) is 106 cm³/mol. The molecule has 0 heterocycles. The Bertz CT molecular complexity index is 857. The van der Waals surface area contributed by atoms with Gasteiger partial charge in [0.25, 0.3) is 11.8 Å². The zero-order valence-electron chi connectivity index (χ0n) is 15.7. The first-order valence-electron chi connectivity index (χ1n) is 8.52. The van der Waals surface area contributed by atoms with Gasteiger partial charge < -0.3 is 20.1 Å². The Balaban J connectivity index is 1.93. The number of hydrogen-bond acceptors (Lipinski definition) is 5. The third-order valence-corrected chi connectivity index (χ3v) is 4.05. The van der Waals surface area contributed by atoms with Crippen LogP contribution in [-0.4, -0.2) is 37.0 Å². The summed E-state index contributed by atoms with van der Waals surface area (Å²) >= 11 is 5.93. The molecule has 2 N–H and O–H groups in total. The Morgan fingerprint density at radius 3 is 2.36 bits per heavy atom. The third kappa shape index (κ3) is 5.72. The molecule has 2 rings (SSSR count). The Hall–Kier alpha value is -3.06. The monoisotopic (exact) mass is 404 g/mol. The van der Waals surface area contributed by atoms with E-state index in [9.17, 15) is 14.4 Å². The van der Waals surface area contributed by atoms with Gasteiger partial charge in [0.15, 0.2) is 6.10 Å². The van der Waals surface area contributed by atoms with Crippen LogP contribution in [0.25, 0.3) is 0 Å². The lowest BCUT2D eigenvalue weighted by molar-refractivity contribution is -0.154. The molecule has 0 fully saturated rings. The number of esters is 1. The summed E-state index contributed by atoms with van der Waals surface area (Å²) in [7, 11) is 1.46. The maximum atomic E-state index is 12.3. The van der Waals surface area contributed by atoms with Gasteiger partial charge in [0, 0.05) is 10.6 Å². The van der Waals surface area contributed by atoms with Crippen LogP contribution in [0, 0.1) is 0 Å². The highest BCUT2D eigenvalue weighted by atomic mass is 35.5. The van der Waals surface area contributed by atoms with Gasteiger partial charge in [-0.2, -0.15) is 0 Å². The number of methoxy groups -OCH3 is 1. The summed E-state index contributed by atoms with van der Waals surface area (Å²) in [5.41, 5.74) is 0.773. The second-order valence-electron chi connectivity index (χ2n) is 5.97. The number of amides is 2. The fraction of sp³-hybridized carbons (Fsp3) is 0.250. The van der Waals surface area contributed by atoms with Crippen LogP contribution in [0.1, 0.15) is 24.2 Å². The highest BCUT2D eigenvalue weighted by Crippen LogP contribution is 2.27. The zero-order chi connectivity index (χ0) is 20.7. The number of benzene rings is 2. The number of hydrogen-bond donors (Lipinski definition) is 2. The maximum Gasteiger partial charge on any atom is 0.329 e. The lowest BCUT2D eigenvalue weighted by atomic mass is 10.2. The molecule has 0 saturated carbocycles. The molecule has 2 amide bonds. The Morgan fingerprint density at radius 2 is 1.71 bits per heavy atom.